The Balaban J connectivity index is 1.31. The van der Waals surface area contributed by atoms with E-state index in [4.69, 9.17) is 9.47 Å². The Kier molecular flexibility index (Phi) is 5.27. The van der Waals surface area contributed by atoms with Gasteiger partial charge in [-0.25, -0.2) is 0 Å². The largest absolute Gasteiger partial charge is 0.491 e. The molecule has 0 saturated carbocycles. The van der Waals surface area contributed by atoms with Crippen LogP contribution in [0.15, 0.2) is 46.9 Å². The van der Waals surface area contributed by atoms with Gasteiger partial charge in [-0.15, -0.1) is 0 Å². The van der Waals surface area contributed by atoms with Crippen molar-refractivity contribution in [3.8, 4) is 5.75 Å². The quantitative estimate of drug-likeness (QED) is 0.804. The number of hydrogen-bond acceptors (Lipinski definition) is 3. The van der Waals surface area contributed by atoms with Crippen LogP contribution in [0, 0.1) is 0 Å². The van der Waals surface area contributed by atoms with Crippen molar-refractivity contribution >= 4 is 21.8 Å². The van der Waals surface area contributed by atoms with Gasteiger partial charge in [-0.05, 0) is 73.2 Å². The zero-order chi connectivity index (χ0) is 17.9. The molecule has 0 spiro atoms. The van der Waals surface area contributed by atoms with Crippen LogP contribution in [0.2, 0.25) is 0 Å². The number of halogens is 1. The summed E-state index contributed by atoms with van der Waals surface area (Å²) in [6.07, 6.45) is 4.12. The Labute approximate surface area is 162 Å². The molecule has 136 valence electrons. The molecule has 1 saturated heterocycles. The average Bonchev–Trinajstić information content (AvgIpc) is 3.29. The predicted octanol–water partition coefficient (Wildman–Crippen LogP) is 3.90. The molecule has 1 aliphatic heterocycles. The lowest BCUT2D eigenvalue weighted by Gasteiger charge is -2.13. The summed E-state index contributed by atoms with van der Waals surface area (Å²) in [4.78, 5) is 12.5. The van der Waals surface area contributed by atoms with E-state index in [0.717, 1.165) is 42.5 Å². The summed E-state index contributed by atoms with van der Waals surface area (Å²) < 4.78 is 12.4. The van der Waals surface area contributed by atoms with Gasteiger partial charge in [0.05, 0.1) is 6.10 Å². The van der Waals surface area contributed by atoms with Gasteiger partial charge in [-0.1, -0.05) is 22.0 Å². The lowest BCUT2D eigenvalue weighted by atomic mass is 10.1. The molecule has 4 nitrogen and oxygen atoms in total. The Morgan fingerprint density at radius 2 is 1.96 bits per heavy atom. The minimum Gasteiger partial charge on any atom is -0.491 e. The Bertz CT molecular complexity index is 784. The van der Waals surface area contributed by atoms with Gasteiger partial charge in [0.15, 0.2) is 0 Å². The number of fused-ring (bicyclic) bond motifs is 1. The summed E-state index contributed by atoms with van der Waals surface area (Å²) in [5.41, 5.74) is 3.28. The van der Waals surface area contributed by atoms with Gasteiger partial charge in [-0.3, -0.25) is 4.79 Å². The van der Waals surface area contributed by atoms with Crippen LogP contribution in [-0.4, -0.2) is 31.3 Å². The number of carbonyl (C=O) groups excluding carboxylic acids is 1. The van der Waals surface area contributed by atoms with Crippen LogP contribution in [0.5, 0.6) is 5.75 Å². The first-order valence-corrected chi connectivity index (χ1v) is 9.89. The van der Waals surface area contributed by atoms with E-state index in [1.807, 2.05) is 24.3 Å². The highest BCUT2D eigenvalue weighted by Crippen LogP contribution is 2.26. The standard InChI is InChI=1S/C21H22BrNO3/c22-17-6-3-15-11-18(12-16(15)10-17)23-21(24)14-4-7-19(8-5-14)26-13-20-2-1-9-25-20/h3-8,10,18,20H,1-2,9,11-13H2,(H,23,24)/t18-,20+/m1/s1. The molecule has 2 aromatic rings. The van der Waals surface area contributed by atoms with E-state index in [1.54, 1.807) is 0 Å². The molecule has 2 aliphatic rings. The van der Waals surface area contributed by atoms with Crippen LogP contribution < -0.4 is 10.1 Å². The Morgan fingerprint density at radius 3 is 2.73 bits per heavy atom. The van der Waals surface area contributed by atoms with Gasteiger partial charge >= 0.3 is 0 Å². The van der Waals surface area contributed by atoms with Crippen molar-refractivity contribution in [1.82, 2.24) is 5.32 Å². The van der Waals surface area contributed by atoms with E-state index >= 15 is 0 Å². The molecule has 1 heterocycles. The lowest BCUT2D eigenvalue weighted by Crippen LogP contribution is -2.35. The number of amides is 1. The van der Waals surface area contributed by atoms with Crippen molar-refractivity contribution in [2.75, 3.05) is 13.2 Å². The van der Waals surface area contributed by atoms with Crippen LogP contribution >= 0.6 is 15.9 Å². The fraction of sp³-hybridized carbons (Fsp3) is 0.381. The maximum Gasteiger partial charge on any atom is 0.251 e. The lowest BCUT2D eigenvalue weighted by molar-refractivity contribution is 0.0679. The van der Waals surface area contributed by atoms with Crippen molar-refractivity contribution in [2.24, 2.45) is 0 Å². The number of hydrogen-bond donors (Lipinski definition) is 1. The molecule has 26 heavy (non-hydrogen) atoms. The topological polar surface area (TPSA) is 47.6 Å². The highest BCUT2D eigenvalue weighted by molar-refractivity contribution is 9.10. The van der Waals surface area contributed by atoms with Gasteiger partial charge in [0.2, 0.25) is 0 Å². The third-order valence-corrected chi connectivity index (χ3v) is 5.51. The summed E-state index contributed by atoms with van der Waals surface area (Å²) in [5.74, 6) is 0.739. The Hall–Kier alpha value is -1.85. The van der Waals surface area contributed by atoms with E-state index in [-0.39, 0.29) is 18.1 Å². The summed E-state index contributed by atoms with van der Waals surface area (Å²) in [7, 11) is 0. The zero-order valence-electron chi connectivity index (χ0n) is 14.5. The smallest absolute Gasteiger partial charge is 0.251 e. The molecule has 4 rings (SSSR count). The van der Waals surface area contributed by atoms with Crippen LogP contribution in [0.25, 0.3) is 0 Å². The molecule has 1 fully saturated rings. The number of rotatable bonds is 5. The molecule has 0 unspecified atom stereocenters. The summed E-state index contributed by atoms with van der Waals surface area (Å²) >= 11 is 3.51. The van der Waals surface area contributed by atoms with E-state index < -0.39 is 0 Å². The molecule has 0 bridgehead atoms. The average molecular weight is 416 g/mol. The first kappa shape index (κ1) is 17.6. The minimum atomic E-state index is -0.0347. The number of benzene rings is 2. The molecule has 5 heteroatoms. The van der Waals surface area contributed by atoms with Crippen molar-refractivity contribution in [3.63, 3.8) is 0 Å². The van der Waals surface area contributed by atoms with E-state index in [1.165, 1.54) is 11.1 Å². The number of ether oxygens (including phenoxy) is 2. The third kappa shape index (κ3) is 4.10. The van der Waals surface area contributed by atoms with Gasteiger partial charge in [0.1, 0.15) is 12.4 Å². The second-order valence-corrected chi connectivity index (χ2v) is 7.88. The first-order chi connectivity index (χ1) is 12.7. The maximum absolute atomic E-state index is 12.5. The summed E-state index contributed by atoms with van der Waals surface area (Å²) in [5, 5.41) is 3.14. The van der Waals surface area contributed by atoms with Gasteiger partial charge in [0, 0.05) is 22.7 Å². The normalized spacial score (nSPS) is 21.4. The monoisotopic (exact) mass is 415 g/mol. The van der Waals surface area contributed by atoms with Crippen molar-refractivity contribution in [3.05, 3.63) is 63.6 Å². The second kappa shape index (κ2) is 7.80. The van der Waals surface area contributed by atoms with Gasteiger partial charge in [0.25, 0.3) is 5.91 Å². The SMILES string of the molecule is O=C(N[C@@H]1Cc2ccc(Br)cc2C1)c1ccc(OC[C@@H]2CCCO2)cc1. The minimum absolute atomic E-state index is 0.0347. The van der Waals surface area contributed by atoms with Crippen molar-refractivity contribution < 1.29 is 14.3 Å². The fourth-order valence-electron chi connectivity index (χ4n) is 3.63. The number of nitrogens with one attached hydrogen (secondary N) is 1. The fourth-order valence-corrected chi connectivity index (χ4v) is 4.03. The molecular formula is C21H22BrNO3. The van der Waals surface area contributed by atoms with Crippen molar-refractivity contribution in [1.29, 1.82) is 0 Å². The Morgan fingerprint density at radius 1 is 1.15 bits per heavy atom. The second-order valence-electron chi connectivity index (χ2n) is 6.96. The zero-order valence-corrected chi connectivity index (χ0v) is 16.1. The molecule has 0 radical (unpaired) electrons. The first-order valence-electron chi connectivity index (χ1n) is 9.10. The molecule has 1 aliphatic carbocycles. The number of carbonyl (C=O) groups is 1. The summed E-state index contributed by atoms with van der Waals surface area (Å²) in [6, 6.07) is 13.8. The van der Waals surface area contributed by atoms with E-state index in [9.17, 15) is 4.79 Å². The highest BCUT2D eigenvalue weighted by atomic mass is 79.9. The molecule has 0 aromatic heterocycles. The maximum atomic E-state index is 12.5. The van der Waals surface area contributed by atoms with Crippen molar-refractivity contribution in [2.45, 2.75) is 37.8 Å². The molecule has 2 aromatic carbocycles. The molecule has 1 amide bonds. The van der Waals surface area contributed by atoms with Crippen LogP contribution in [0.3, 0.4) is 0 Å². The van der Waals surface area contributed by atoms with Crippen LogP contribution in [0.4, 0.5) is 0 Å². The molecule has 2 atom stereocenters. The summed E-state index contributed by atoms with van der Waals surface area (Å²) in [6.45, 7) is 1.40. The third-order valence-electron chi connectivity index (χ3n) is 5.01. The van der Waals surface area contributed by atoms with E-state index in [2.05, 4.69) is 39.4 Å². The van der Waals surface area contributed by atoms with E-state index in [0.29, 0.717) is 12.2 Å². The van der Waals surface area contributed by atoms with Crippen LogP contribution in [-0.2, 0) is 17.6 Å². The van der Waals surface area contributed by atoms with Gasteiger partial charge in [-0.2, -0.15) is 0 Å². The predicted molar refractivity (Wildman–Crippen MR) is 104 cm³/mol. The molecule has 1 N–H and O–H groups in total. The van der Waals surface area contributed by atoms with Gasteiger partial charge < -0.3 is 14.8 Å². The van der Waals surface area contributed by atoms with Crippen LogP contribution in [0.1, 0.15) is 34.3 Å². The molecular weight excluding hydrogens is 394 g/mol. The highest BCUT2D eigenvalue weighted by Gasteiger charge is 2.23.